The first kappa shape index (κ1) is 24.4. The maximum absolute atomic E-state index is 12.2. The number of amides is 2. The zero-order valence-corrected chi connectivity index (χ0v) is 21.8. The Morgan fingerprint density at radius 3 is 2.58 bits per heavy atom. The number of hydrogen-bond donors (Lipinski definition) is 1. The molecule has 4 heterocycles. The average Bonchev–Trinajstić information content (AvgIpc) is 3.50. The highest BCUT2D eigenvalue weighted by Gasteiger charge is 2.25. The van der Waals surface area contributed by atoms with Crippen LogP contribution in [-0.4, -0.2) is 68.0 Å². The first-order valence-corrected chi connectivity index (χ1v) is 12.5. The topological polar surface area (TPSA) is 92.2 Å². The number of carbonyl (C=O) groups excluding carboxylic acids is 1. The van der Waals surface area contributed by atoms with E-state index in [1.54, 1.807) is 31.4 Å². The summed E-state index contributed by atoms with van der Waals surface area (Å²) in [7, 11) is 3.56. The number of carbonyl (C=O) groups is 1. The molecule has 1 fully saturated rings. The molecule has 5 rings (SSSR count). The van der Waals surface area contributed by atoms with Crippen LogP contribution in [0.3, 0.4) is 0 Å². The van der Waals surface area contributed by atoms with Crippen LogP contribution < -0.4 is 4.74 Å². The highest BCUT2D eigenvalue weighted by Crippen LogP contribution is 2.35. The molecule has 3 aromatic heterocycles. The van der Waals surface area contributed by atoms with Gasteiger partial charge in [-0.1, -0.05) is 23.2 Å². The van der Waals surface area contributed by atoms with Crippen molar-refractivity contribution in [3.05, 3.63) is 58.6 Å². The van der Waals surface area contributed by atoms with Gasteiger partial charge in [0.1, 0.15) is 17.5 Å². The van der Waals surface area contributed by atoms with Crippen molar-refractivity contribution in [3.8, 4) is 17.0 Å². The van der Waals surface area contributed by atoms with E-state index in [0.29, 0.717) is 34.4 Å². The third-order valence-electron chi connectivity index (χ3n) is 6.51. The van der Waals surface area contributed by atoms with Gasteiger partial charge in [0.15, 0.2) is 0 Å². The molecular formula is C25H27Cl2N7O2. The lowest BCUT2D eigenvalue weighted by atomic mass is 10.1. The molecule has 4 aromatic rings. The summed E-state index contributed by atoms with van der Waals surface area (Å²) in [5.41, 5.74) is 3.31. The molecule has 11 heteroatoms. The standard InChI is InChI=1S/C25H27Cl2N7O2/c1-15(23-20(26)12-28-13-21(23)27)36-18-4-5-22-19(10-18)24(31-30-22)16-11-29-34(14-16)17-6-8-33(9-7-17)25(35)32(2)3/h4-5,10-15,17H,6-9H2,1-3H3,(H,30,31)/t15-/m1/s1. The molecule has 0 saturated carbocycles. The fourth-order valence-electron chi connectivity index (χ4n) is 4.62. The zero-order chi connectivity index (χ0) is 25.4. The maximum Gasteiger partial charge on any atom is 0.319 e. The Labute approximate surface area is 218 Å². The van der Waals surface area contributed by atoms with E-state index in [1.165, 1.54) is 0 Å². The number of aromatic amines is 1. The minimum Gasteiger partial charge on any atom is -0.486 e. The number of rotatable bonds is 5. The molecule has 1 aromatic carbocycles. The third kappa shape index (κ3) is 4.73. The number of likely N-dealkylation sites (tertiary alicyclic amines) is 1. The number of fused-ring (bicyclic) bond motifs is 1. The number of H-pyrrole nitrogens is 1. The van der Waals surface area contributed by atoms with Crippen molar-refractivity contribution in [3.63, 3.8) is 0 Å². The Balaban J connectivity index is 1.34. The number of pyridine rings is 1. The molecule has 188 valence electrons. The number of nitrogens with one attached hydrogen (secondary N) is 1. The monoisotopic (exact) mass is 527 g/mol. The molecular weight excluding hydrogens is 501 g/mol. The van der Waals surface area contributed by atoms with E-state index in [4.69, 9.17) is 27.9 Å². The molecule has 1 atom stereocenters. The lowest BCUT2D eigenvalue weighted by Gasteiger charge is -2.33. The van der Waals surface area contributed by atoms with Gasteiger partial charge in [-0.3, -0.25) is 14.8 Å². The van der Waals surface area contributed by atoms with Crippen molar-refractivity contribution in [2.75, 3.05) is 27.2 Å². The Bertz CT molecular complexity index is 1370. The number of hydrogen-bond acceptors (Lipinski definition) is 5. The second kappa shape index (κ2) is 9.99. The summed E-state index contributed by atoms with van der Waals surface area (Å²) < 4.78 is 8.17. The normalized spacial score (nSPS) is 15.3. The third-order valence-corrected chi connectivity index (χ3v) is 7.11. The predicted molar refractivity (Wildman–Crippen MR) is 140 cm³/mol. The minimum absolute atomic E-state index is 0.0541. The number of benzene rings is 1. The molecule has 1 saturated heterocycles. The zero-order valence-electron chi connectivity index (χ0n) is 20.3. The van der Waals surface area contributed by atoms with Gasteiger partial charge in [-0.15, -0.1) is 0 Å². The first-order chi connectivity index (χ1) is 17.3. The summed E-state index contributed by atoms with van der Waals surface area (Å²) in [4.78, 5) is 19.7. The highest BCUT2D eigenvalue weighted by molar-refractivity contribution is 6.35. The lowest BCUT2D eigenvalue weighted by Crippen LogP contribution is -2.44. The Morgan fingerprint density at radius 1 is 1.17 bits per heavy atom. The average molecular weight is 528 g/mol. The van der Waals surface area contributed by atoms with Crippen LogP contribution in [0.25, 0.3) is 22.2 Å². The van der Waals surface area contributed by atoms with Crippen molar-refractivity contribution >= 4 is 40.1 Å². The molecule has 0 bridgehead atoms. The molecule has 0 unspecified atom stereocenters. The fourth-order valence-corrected chi connectivity index (χ4v) is 5.30. The summed E-state index contributed by atoms with van der Waals surface area (Å²) >= 11 is 12.6. The molecule has 1 aliphatic heterocycles. The Kier molecular flexibility index (Phi) is 6.77. The van der Waals surface area contributed by atoms with E-state index in [9.17, 15) is 4.79 Å². The SMILES string of the molecule is C[C@@H](Oc1ccc2[nH]nc(-c3cnn(C4CCN(C(=O)N(C)C)CC4)c3)c2c1)c1c(Cl)cncc1Cl. The van der Waals surface area contributed by atoms with Crippen LogP contribution in [0.15, 0.2) is 43.0 Å². The van der Waals surface area contributed by atoms with Gasteiger partial charge in [0.25, 0.3) is 0 Å². The molecule has 9 nitrogen and oxygen atoms in total. The van der Waals surface area contributed by atoms with Gasteiger partial charge in [-0.05, 0) is 38.0 Å². The number of ether oxygens (including phenoxy) is 1. The van der Waals surface area contributed by atoms with Crippen LogP contribution in [0.1, 0.15) is 37.5 Å². The second-order valence-electron chi connectivity index (χ2n) is 9.16. The van der Waals surface area contributed by atoms with Crippen molar-refractivity contribution in [2.45, 2.75) is 31.9 Å². The largest absolute Gasteiger partial charge is 0.486 e. The summed E-state index contributed by atoms with van der Waals surface area (Å²) in [5, 5.41) is 14.1. The van der Waals surface area contributed by atoms with Crippen LogP contribution in [0.2, 0.25) is 10.0 Å². The minimum atomic E-state index is -0.367. The molecule has 36 heavy (non-hydrogen) atoms. The van der Waals surface area contributed by atoms with Gasteiger partial charge in [-0.2, -0.15) is 10.2 Å². The molecule has 0 spiro atoms. The van der Waals surface area contributed by atoms with Gasteiger partial charge < -0.3 is 14.5 Å². The summed E-state index contributed by atoms with van der Waals surface area (Å²) in [6.45, 7) is 3.33. The van der Waals surface area contributed by atoms with Crippen molar-refractivity contribution in [2.24, 2.45) is 0 Å². The quantitative estimate of drug-likeness (QED) is 0.365. The molecule has 2 amide bonds. The number of halogens is 2. The summed E-state index contributed by atoms with van der Waals surface area (Å²) in [5.74, 6) is 0.673. The highest BCUT2D eigenvalue weighted by atomic mass is 35.5. The van der Waals surface area contributed by atoms with Crippen LogP contribution in [-0.2, 0) is 0 Å². The molecule has 1 N–H and O–H groups in total. The second-order valence-corrected chi connectivity index (χ2v) is 9.98. The number of nitrogens with zero attached hydrogens (tertiary/aromatic N) is 6. The van der Waals surface area contributed by atoms with E-state index in [0.717, 1.165) is 35.0 Å². The molecule has 1 aliphatic rings. The molecule has 0 aliphatic carbocycles. The van der Waals surface area contributed by atoms with Crippen LogP contribution >= 0.6 is 23.2 Å². The lowest BCUT2D eigenvalue weighted by molar-refractivity contribution is 0.146. The summed E-state index contributed by atoms with van der Waals surface area (Å²) in [6.07, 6.45) is 8.32. The number of urea groups is 1. The van der Waals surface area contributed by atoms with Crippen LogP contribution in [0.5, 0.6) is 5.75 Å². The number of aromatic nitrogens is 5. The van der Waals surface area contributed by atoms with E-state index in [2.05, 4.69) is 20.3 Å². The van der Waals surface area contributed by atoms with Crippen molar-refractivity contribution < 1.29 is 9.53 Å². The predicted octanol–water partition coefficient (Wildman–Crippen LogP) is 5.59. The van der Waals surface area contributed by atoms with Crippen molar-refractivity contribution in [1.82, 2.24) is 34.8 Å². The Hall–Kier alpha value is -3.30. The molecule has 0 radical (unpaired) electrons. The number of piperidine rings is 1. The van der Waals surface area contributed by atoms with E-state index in [1.807, 2.05) is 47.1 Å². The summed E-state index contributed by atoms with van der Waals surface area (Å²) in [6, 6.07) is 6.07. The fraction of sp³-hybridized carbons (Fsp3) is 0.360. The van der Waals surface area contributed by atoms with E-state index >= 15 is 0 Å². The van der Waals surface area contributed by atoms with Gasteiger partial charge in [-0.25, -0.2) is 4.79 Å². The van der Waals surface area contributed by atoms with Gasteiger partial charge >= 0.3 is 6.03 Å². The van der Waals surface area contributed by atoms with E-state index in [-0.39, 0.29) is 18.2 Å². The van der Waals surface area contributed by atoms with Gasteiger partial charge in [0.05, 0.1) is 27.8 Å². The van der Waals surface area contributed by atoms with Crippen molar-refractivity contribution in [1.29, 1.82) is 0 Å². The van der Waals surface area contributed by atoms with Gasteiger partial charge in [0, 0.05) is 62.3 Å². The smallest absolute Gasteiger partial charge is 0.319 e. The maximum atomic E-state index is 12.2. The Morgan fingerprint density at radius 2 is 1.89 bits per heavy atom. The first-order valence-electron chi connectivity index (χ1n) is 11.8. The van der Waals surface area contributed by atoms with Crippen LogP contribution in [0, 0.1) is 0 Å². The van der Waals surface area contributed by atoms with E-state index < -0.39 is 0 Å². The van der Waals surface area contributed by atoms with Gasteiger partial charge in [0.2, 0.25) is 0 Å². The van der Waals surface area contributed by atoms with Crippen LogP contribution in [0.4, 0.5) is 4.79 Å².